The highest BCUT2D eigenvalue weighted by Crippen LogP contribution is 2.31. The van der Waals surface area contributed by atoms with Gasteiger partial charge in [-0.15, -0.1) is 0 Å². The van der Waals surface area contributed by atoms with Crippen molar-refractivity contribution in [3.8, 4) is 22.6 Å². The van der Waals surface area contributed by atoms with Crippen LogP contribution in [-0.4, -0.2) is 54.4 Å². The molecule has 1 heterocycles. The predicted octanol–water partition coefficient (Wildman–Crippen LogP) is 5.51. The summed E-state index contributed by atoms with van der Waals surface area (Å²) in [6.07, 6.45) is 0.163. The van der Waals surface area contributed by atoms with Crippen LogP contribution in [0, 0.1) is 0 Å². The lowest BCUT2D eigenvalue weighted by molar-refractivity contribution is -0.114. The first-order valence-electron chi connectivity index (χ1n) is 11.5. The molecule has 3 aromatic carbocycles. The molecular formula is C27H28Cl2N2O4. The Morgan fingerprint density at radius 2 is 1.89 bits per heavy atom. The number of aliphatic hydroxyl groups excluding tert-OH is 1. The lowest BCUT2D eigenvalue weighted by atomic mass is 10.0. The molecule has 35 heavy (non-hydrogen) atoms. The van der Waals surface area contributed by atoms with Crippen molar-refractivity contribution in [1.29, 1.82) is 0 Å². The number of β-amino-alcohol motifs (C(OH)–C–C–N with tert-alkyl or cyclic N) is 1. The molecular weight excluding hydrogens is 487 g/mol. The number of aliphatic hydroxyl groups is 1. The van der Waals surface area contributed by atoms with Crippen LogP contribution in [0.2, 0.25) is 10.0 Å². The van der Waals surface area contributed by atoms with E-state index >= 15 is 0 Å². The SMILES string of the molecule is CC(=O)Nc1cc(-c2ccccc2)ccc1OCC(O)CN1CCC(Oc2ccc(Cl)c(Cl)c2)C1. The first-order valence-corrected chi connectivity index (χ1v) is 12.2. The van der Waals surface area contributed by atoms with Crippen molar-refractivity contribution in [2.24, 2.45) is 0 Å². The maximum atomic E-state index is 11.7. The number of rotatable bonds is 9. The van der Waals surface area contributed by atoms with E-state index in [1.807, 2.05) is 48.5 Å². The lowest BCUT2D eigenvalue weighted by Gasteiger charge is -2.21. The molecule has 4 rings (SSSR count). The quantitative estimate of drug-likeness (QED) is 0.393. The van der Waals surface area contributed by atoms with Crippen LogP contribution in [0.4, 0.5) is 5.69 Å². The highest BCUT2D eigenvalue weighted by atomic mass is 35.5. The molecule has 1 aliphatic heterocycles. The van der Waals surface area contributed by atoms with Gasteiger partial charge in [0.1, 0.15) is 30.3 Å². The van der Waals surface area contributed by atoms with Gasteiger partial charge in [-0.05, 0) is 41.8 Å². The molecule has 1 saturated heterocycles. The molecule has 1 amide bonds. The third-order valence-corrected chi connectivity index (χ3v) is 6.46. The minimum Gasteiger partial charge on any atom is -0.489 e. The van der Waals surface area contributed by atoms with Crippen molar-refractivity contribution in [2.45, 2.75) is 25.6 Å². The number of likely N-dealkylation sites (tertiary alicyclic amines) is 1. The normalized spacial score (nSPS) is 16.6. The monoisotopic (exact) mass is 514 g/mol. The maximum Gasteiger partial charge on any atom is 0.221 e. The van der Waals surface area contributed by atoms with E-state index in [-0.39, 0.29) is 18.6 Å². The van der Waals surface area contributed by atoms with Gasteiger partial charge in [-0.2, -0.15) is 0 Å². The van der Waals surface area contributed by atoms with Gasteiger partial charge in [-0.25, -0.2) is 0 Å². The summed E-state index contributed by atoms with van der Waals surface area (Å²) >= 11 is 12.0. The molecule has 2 N–H and O–H groups in total. The van der Waals surface area contributed by atoms with Crippen molar-refractivity contribution < 1.29 is 19.4 Å². The molecule has 2 unspecified atom stereocenters. The Balaban J connectivity index is 1.31. The van der Waals surface area contributed by atoms with Gasteiger partial charge in [-0.1, -0.05) is 59.6 Å². The Hall–Kier alpha value is -2.77. The summed E-state index contributed by atoms with van der Waals surface area (Å²) in [5.74, 6) is 1.01. The molecule has 3 aromatic rings. The minimum atomic E-state index is -0.697. The van der Waals surface area contributed by atoms with Gasteiger partial charge in [0.15, 0.2) is 0 Å². The molecule has 6 nitrogen and oxygen atoms in total. The summed E-state index contributed by atoms with van der Waals surface area (Å²) < 4.78 is 11.9. The molecule has 0 saturated carbocycles. The molecule has 0 radical (unpaired) electrons. The van der Waals surface area contributed by atoms with Gasteiger partial charge in [0.25, 0.3) is 0 Å². The highest BCUT2D eigenvalue weighted by Gasteiger charge is 2.26. The third-order valence-electron chi connectivity index (χ3n) is 5.72. The average molecular weight is 515 g/mol. The minimum absolute atomic E-state index is 0.0114. The van der Waals surface area contributed by atoms with Crippen LogP contribution in [0.3, 0.4) is 0 Å². The largest absolute Gasteiger partial charge is 0.489 e. The maximum absolute atomic E-state index is 11.7. The molecule has 8 heteroatoms. The van der Waals surface area contributed by atoms with Gasteiger partial charge in [0.05, 0.1) is 15.7 Å². The Morgan fingerprint density at radius 3 is 2.63 bits per heavy atom. The van der Waals surface area contributed by atoms with Crippen molar-refractivity contribution >= 4 is 34.8 Å². The van der Waals surface area contributed by atoms with E-state index in [1.165, 1.54) is 6.92 Å². The molecule has 1 fully saturated rings. The lowest BCUT2D eigenvalue weighted by Crippen LogP contribution is -2.35. The van der Waals surface area contributed by atoms with E-state index in [2.05, 4.69) is 10.2 Å². The van der Waals surface area contributed by atoms with Crippen LogP contribution in [0.5, 0.6) is 11.5 Å². The zero-order valence-corrected chi connectivity index (χ0v) is 20.9. The topological polar surface area (TPSA) is 71.0 Å². The zero-order valence-electron chi connectivity index (χ0n) is 19.4. The van der Waals surface area contributed by atoms with E-state index in [9.17, 15) is 9.90 Å². The number of amides is 1. The van der Waals surface area contributed by atoms with Crippen LogP contribution in [0.1, 0.15) is 13.3 Å². The number of carbonyl (C=O) groups excluding carboxylic acids is 1. The van der Waals surface area contributed by atoms with Crippen LogP contribution in [0.15, 0.2) is 66.7 Å². The number of halogens is 2. The van der Waals surface area contributed by atoms with Gasteiger partial charge in [-0.3, -0.25) is 9.69 Å². The summed E-state index contributed by atoms with van der Waals surface area (Å²) in [5, 5.41) is 14.4. The summed E-state index contributed by atoms with van der Waals surface area (Å²) in [4.78, 5) is 13.9. The Labute approximate surface area is 215 Å². The van der Waals surface area contributed by atoms with Gasteiger partial charge >= 0.3 is 0 Å². The Bertz CT molecular complexity index is 1160. The fraction of sp³-hybridized carbons (Fsp3) is 0.296. The Morgan fingerprint density at radius 1 is 1.09 bits per heavy atom. The van der Waals surface area contributed by atoms with Gasteiger partial charge < -0.3 is 19.9 Å². The molecule has 2 atom stereocenters. The van der Waals surface area contributed by atoms with E-state index in [1.54, 1.807) is 18.2 Å². The number of anilines is 1. The van der Waals surface area contributed by atoms with Crippen molar-refractivity contribution in [3.05, 3.63) is 76.8 Å². The number of nitrogens with zero attached hydrogens (tertiary/aromatic N) is 1. The number of carbonyl (C=O) groups is 1. The predicted molar refractivity (Wildman–Crippen MR) is 140 cm³/mol. The van der Waals surface area contributed by atoms with E-state index in [4.69, 9.17) is 32.7 Å². The van der Waals surface area contributed by atoms with Crippen molar-refractivity contribution in [1.82, 2.24) is 4.90 Å². The summed E-state index contributed by atoms with van der Waals surface area (Å²) in [6.45, 7) is 3.52. The second-order valence-electron chi connectivity index (χ2n) is 8.59. The molecule has 184 valence electrons. The third kappa shape index (κ3) is 7.12. The standard InChI is InChI=1S/C27H28Cl2N2O4/c1-18(32)30-26-13-20(19-5-3-2-4-6-19)7-10-27(26)34-17-21(33)15-31-12-11-23(16-31)35-22-8-9-24(28)25(29)14-22/h2-10,13-14,21,23,33H,11-12,15-17H2,1H3,(H,30,32). The van der Waals surface area contributed by atoms with E-state index in [0.29, 0.717) is 40.3 Å². The summed E-state index contributed by atoms with van der Waals surface area (Å²) in [7, 11) is 0. The number of hydrogen-bond acceptors (Lipinski definition) is 5. The molecule has 1 aliphatic rings. The number of benzene rings is 3. The van der Waals surface area contributed by atoms with Crippen molar-refractivity contribution in [2.75, 3.05) is 31.6 Å². The molecule has 0 aromatic heterocycles. The fourth-order valence-electron chi connectivity index (χ4n) is 4.09. The van der Waals surface area contributed by atoms with E-state index < -0.39 is 6.10 Å². The molecule has 0 spiro atoms. The van der Waals surface area contributed by atoms with Gasteiger partial charge in [0, 0.05) is 32.6 Å². The zero-order chi connectivity index (χ0) is 24.8. The van der Waals surface area contributed by atoms with Gasteiger partial charge in [0.2, 0.25) is 5.91 Å². The second kappa shape index (κ2) is 11.8. The fourth-order valence-corrected chi connectivity index (χ4v) is 4.38. The second-order valence-corrected chi connectivity index (χ2v) is 9.40. The molecule has 0 bridgehead atoms. The van der Waals surface area contributed by atoms with Crippen LogP contribution in [0.25, 0.3) is 11.1 Å². The Kier molecular flexibility index (Phi) is 8.52. The summed E-state index contributed by atoms with van der Waals surface area (Å²) in [6, 6.07) is 20.8. The molecule has 0 aliphatic carbocycles. The smallest absolute Gasteiger partial charge is 0.221 e. The van der Waals surface area contributed by atoms with Crippen LogP contribution < -0.4 is 14.8 Å². The number of nitrogens with one attached hydrogen (secondary N) is 1. The van der Waals surface area contributed by atoms with Crippen LogP contribution >= 0.6 is 23.2 Å². The summed E-state index contributed by atoms with van der Waals surface area (Å²) in [5.41, 5.74) is 2.58. The number of hydrogen-bond donors (Lipinski definition) is 2. The average Bonchev–Trinajstić information content (AvgIpc) is 3.27. The van der Waals surface area contributed by atoms with E-state index in [0.717, 1.165) is 24.1 Å². The first-order chi connectivity index (χ1) is 16.9. The van der Waals surface area contributed by atoms with Crippen molar-refractivity contribution in [3.63, 3.8) is 0 Å². The van der Waals surface area contributed by atoms with Crippen LogP contribution in [-0.2, 0) is 4.79 Å². The number of ether oxygens (including phenoxy) is 2. The first kappa shape index (κ1) is 25.3. The highest BCUT2D eigenvalue weighted by molar-refractivity contribution is 6.42.